The summed E-state index contributed by atoms with van der Waals surface area (Å²) in [6.07, 6.45) is 0. The summed E-state index contributed by atoms with van der Waals surface area (Å²) in [5.74, 6) is 1.10. The average Bonchev–Trinajstić information content (AvgIpc) is 3.23. The SMILES string of the molecule is Cc1nc2cc(NC(C)c3nc(-c4ccc(C)c(F)c4)no3)ccc2o1. The van der Waals surface area contributed by atoms with Crippen molar-refractivity contribution in [1.29, 1.82) is 0 Å². The predicted molar refractivity (Wildman–Crippen MR) is 95.2 cm³/mol. The normalized spacial score (nSPS) is 12.5. The Labute approximate surface area is 149 Å². The van der Waals surface area contributed by atoms with Gasteiger partial charge in [0.1, 0.15) is 17.4 Å². The minimum atomic E-state index is -0.295. The molecule has 0 fully saturated rings. The van der Waals surface area contributed by atoms with Crippen molar-refractivity contribution in [2.45, 2.75) is 26.8 Å². The van der Waals surface area contributed by atoms with Gasteiger partial charge >= 0.3 is 0 Å². The Bertz CT molecular complexity index is 1090. The number of anilines is 1. The molecule has 1 atom stereocenters. The van der Waals surface area contributed by atoms with Gasteiger partial charge in [0.2, 0.25) is 11.7 Å². The van der Waals surface area contributed by atoms with Gasteiger partial charge in [-0.1, -0.05) is 17.3 Å². The van der Waals surface area contributed by atoms with Crippen molar-refractivity contribution in [2.24, 2.45) is 0 Å². The quantitative estimate of drug-likeness (QED) is 0.568. The highest BCUT2D eigenvalue weighted by molar-refractivity contribution is 5.77. The standard InChI is InChI=1S/C19H17FN4O2/c1-10-4-5-13(8-15(10)20)18-23-19(26-24-18)11(2)21-14-6-7-17-16(9-14)22-12(3)25-17/h4-9,11,21H,1-3H3. The number of benzene rings is 2. The van der Waals surface area contributed by atoms with Crippen LogP contribution in [0.2, 0.25) is 0 Å². The second-order valence-corrected chi connectivity index (χ2v) is 6.20. The van der Waals surface area contributed by atoms with Crippen molar-refractivity contribution < 1.29 is 13.3 Å². The average molecular weight is 352 g/mol. The molecule has 7 heteroatoms. The number of hydrogen-bond acceptors (Lipinski definition) is 6. The molecule has 1 unspecified atom stereocenters. The molecule has 4 aromatic rings. The fourth-order valence-corrected chi connectivity index (χ4v) is 2.70. The van der Waals surface area contributed by atoms with E-state index in [4.69, 9.17) is 8.94 Å². The van der Waals surface area contributed by atoms with E-state index in [2.05, 4.69) is 20.4 Å². The van der Waals surface area contributed by atoms with Gasteiger partial charge in [0.05, 0.1) is 0 Å². The molecule has 1 N–H and O–H groups in total. The van der Waals surface area contributed by atoms with Crippen molar-refractivity contribution in [3.63, 3.8) is 0 Å². The number of nitrogens with zero attached hydrogens (tertiary/aromatic N) is 3. The largest absolute Gasteiger partial charge is 0.441 e. The smallest absolute Gasteiger partial charge is 0.249 e. The van der Waals surface area contributed by atoms with E-state index in [1.807, 2.05) is 32.0 Å². The number of aromatic nitrogens is 3. The molecular formula is C19H17FN4O2. The first-order chi connectivity index (χ1) is 12.5. The van der Waals surface area contributed by atoms with Crippen LogP contribution in [0.5, 0.6) is 0 Å². The molecule has 0 saturated carbocycles. The minimum absolute atomic E-state index is 0.225. The first kappa shape index (κ1) is 16.3. The molecule has 0 aliphatic carbocycles. The van der Waals surface area contributed by atoms with Gasteiger partial charge in [-0.05, 0) is 43.7 Å². The maximum Gasteiger partial charge on any atom is 0.249 e. The van der Waals surface area contributed by atoms with Gasteiger partial charge in [-0.25, -0.2) is 9.37 Å². The summed E-state index contributed by atoms with van der Waals surface area (Å²) in [4.78, 5) is 8.69. The molecule has 2 aromatic carbocycles. The van der Waals surface area contributed by atoms with E-state index in [1.54, 1.807) is 19.1 Å². The zero-order valence-corrected chi connectivity index (χ0v) is 14.6. The predicted octanol–water partition coefficient (Wildman–Crippen LogP) is 4.81. The van der Waals surface area contributed by atoms with E-state index in [0.29, 0.717) is 28.7 Å². The van der Waals surface area contributed by atoms with E-state index >= 15 is 0 Å². The molecule has 2 heterocycles. The maximum absolute atomic E-state index is 13.7. The Morgan fingerprint density at radius 3 is 2.73 bits per heavy atom. The number of hydrogen-bond donors (Lipinski definition) is 1. The molecule has 0 radical (unpaired) electrons. The zero-order valence-electron chi connectivity index (χ0n) is 14.6. The van der Waals surface area contributed by atoms with Crippen molar-refractivity contribution >= 4 is 16.8 Å². The van der Waals surface area contributed by atoms with Crippen LogP contribution in [0.3, 0.4) is 0 Å². The molecule has 26 heavy (non-hydrogen) atoms. The van der Waals surface area contributed by atoms with Crippen LogP contribution in [-0.2, 0) is 0 Å². The molecule has 0 saturated heterocycles. The molecule has 0 bridgehead atoms. The molecule has 0 spiro atoms. The van der Waals surface area contributed by atoms with Gasteiger partial charge in [-0.3, -0.25) is 0 Å². The third kappa shape index (κ3) is 3.03. The Kier molecular flexibility index (Phi) is 3.91. The van der Waals surface area contributed by atoms with Gasteiger partial charge in [0.15, 0.2) is 11.5 Å². The van der Waals surface area contributed by atoms with Gasteiger partial charge in [0, 0.05) is 18.2 Å². The van der Waals surface area contributed by atoms with E-state index in [-0.39, 0.29) is 11.9 Å². The van der Waals surface area contributed by atoms with Crippen molar-refractivity contribution in [3.8, 4) is 11.4 Å². The molecule has 132 valence electrons. The van der Waals surface area contributed by atoms with Gasteiger partial charge in [-0.15, -0.1) is 0 Å². The lowest BCUT2D eigenvalue weighted by atomic mass is 10.1. The Hall–Kier alpha value is -3.22. The minimum Gasteiger partial charge on any atom is -0.441 e. The number of halogens is 1. The van der Waals surface area contributed by atoms with E-state index in [1.165, 1.54) is 6.07 Å². The van der Waals surface area contributed by atoms with Gasteiger partial charge < -0.3 is 14.3 Å². The van der Waals surface area contributed by atoms with Crippen molar-refractivity contribution in [3.05, 3.63) is 59.6 Å². The number of rotatable bonds is 4. The van der Waals surface area contributed by atoms with Crippen molar-refractivity contribution in [1.82, 2.24) is 15.1 Å². The van der Waals surface area contributed by atoms with Crippen LogP contribution >= 0.6 is 0 Å². The van der Waals surface area contributed by atoms with Crippen LogP contribution in [-0.4, -0.2) is 15.1 Å². The summed E-state index contributed by atoms with van der Waals surface area (Å²) >= 11 is 0. The third-order valence-corrected chi connectivity index (χ3v) is 4.12. The summed E-state index contributed by atoms with van der Waals surface area (Å²) in [5, 5.41) is 7.25. The second kappa shape index (κ2) is 6.25. The first-order valence-corrected chi connectivity index (χ1v) is 8.23. The summed E-state index contributed by atoms with van der Waals surface area (Å²) in [5.41, 5.74) is 3.53. The zero-order chi connectivity index (χ0) is 18.3. The number of fused-ring (bicyclic) bond motifs is 1. The second-order valence-electron chi connectivity index (χ2n) is 6.20. The highest BCUT2D eigenvalue weighted by Gasteiger charge is 2.16. The van der Waals surface area contributed by atoms with Crippen LogP contribution in [0.15, 0.2) is 45.3 Å². The van der Waals surface area contributed by atoms with Crippen LogP contribution < -0.4 is 5.32 Å². The molecule has 4 rings (SSSR count). The van der Waals surface area contributed by atoms with Crippen LogP contribution in [0.1, 0.15) is 30.3 Å². The number of nitrogens with one attached hydrogen (secondary N) is 1. The Morgan fingerprint density at radius 2 is 1.92 bits per heavy atom. The van der Waals surface area contributed by atoms with E-state index in [0.717, 1.165) is 16.8 Å². The van der Waals surface area contributed by atoms with E-state index < -0.39 is 0 Å². The Morgan fingerprint density at radius 1 is 1.08 bits per heavy atom. The first-order valence-electron chi connectivity index (χ1n) is 8.23. The fraction of sp³-hybridized carbons (Fsp3) is 0.211. The van der Waals surface area contributed by atoms with Crippen LogP contribution in [0, 0.1) is 19.7 Å². The summed E-state index contributed by atoms with van der Waals surface area (Å²) in [6.45, 7) is 5.43. The summed E-state index contributed by atoms with van der Waals surface area (Å²) in [6, 6.07) is 10.3. The topological polar surface area (TPSA) is 77.0 Å². The molecule has 6 nitrogen and oxygen atoms in total. The lowest BCUT2D eigenvalue weighted by Crippen LogP contribution is -2.06. The molecule has 0 aliphatic rings. The monoisotopic (exact) mass is 352 g/mol. The molecule has 0 aliphatic heterocycles. The third-order valence-electron chi connectivity index (χ3n) is 4.12. The fourth-order valence-electron chi connectivity index (χ4n) is 2.70. The lowest BCUT2D eigenvalue weighted by Gasteiger charge is -2.10. The van der Waals surface area contributed by atoms with Crippen molar-refractivity contribution in [2.75, 3.05) is 5.32 Å². The molecule has 0 amide bonds. The van der Waals surface area contributed by atoms with Crippen LogP contribution in [0.4, 0.5) is 10.1 Å². The van der Waals surface area contributed by atoms with Gasteiger partial charge in [-0.2, -0.15) is 4.98 Å². The maximum atomic E-state index is 13.7. The summed E-state index contributed by atoms with van der Waals surface area (Å²) in [7, 11) is 0. The Balaban J connectivity index is 1.55. The van der Waals surface area contributed by atoms with Gasteiger partial charge in [0.25, 0.3) is 0 Å². The summed E-state index contributed by atoms with van der Waals surface area (Å²) < 4.78 is 24.5. The highest BCUT2D eigenvalue weighted by Crippen LogP contribution is 2.25. The molecule has 2 aromatic heterocycles. The molecular weight excluding hydrogens is 335 g/mol. The van der Waals surface area contributed by atoms with E-state index in [9.17, 15) is 4.39 Å². The lowest BCUT2D eigenvalue weighted by molar-refractivity contribution is 0.368. The number of oxazole rings is 1. The number of aryl methyl sites for hydroxylation is 2. The highest BCUT2D eigenvalue weighted by atomic mass is 19.1. The van der Waals surface area contributed by atoms with Crippen LogP contribution in [0.25, 0.3) is 22.5 Å².